The van der Waals surface area contributed by atoms with Gasteiger partial charge in [-0.1, -0.05) is 12.1 Å². The van der Waals surface area contributed by atoms with Crippen molar-refractivity contribution < 1.29 is 0 Å². The molecule has 2 aromatic heterocycles. The van der Waals surface area contributed by atoms with Crippen LogP contribution >= 0.6 is 0 Å². The molecule has 0 unspecified atom stereocenters. The molecule has 2 fully saturated rings. The summed E-state index contributed by atoms with van der Waals surface area (Å²) >= 11 is 0. The molecule has 2 aliphatic rings. The maximum atomic E-state index is 4.60. The summed E-state index contributed by atoms with van der Waals surface area (Å²) in [7, 11) is 0. The molecule has 0 spiro atoms. The SMILES string of the molecule is c1ccc([C@H](NC2CC2)[C@@H](NC2CC2)c2ccccn2)nc1. The van der Waals surface area contributed by atoms with E-state index in [4.69, 9.17) is 0 Å². The fraction of sp³-hybridized carbons (Fsp3) is 0.444. The van der Waals surface area contributed by atoms with Crippen LogP contribution in [0.5, 0.6) is 0 Å². The van der Waals surface area contributed by atoms with E-state index >= 15 is 0 Å². The summed E-state index contributed by atoms with van der Waals surface area (Å²) in [6.45, 7) is 0. The van der Waals surface area contributed by atoms with Crippen LogP contribution in [0.25, 0.3) is 0 Å². The lowest BCUT2D eigenvalue weighted by Gasteiger charge is -2.28. The molecule has 0 aromatic carbocycles. The molecule has 2 aromatic rings. The van der Waals surface area contributed by atoms with Gasteiger partial charge in [0.15, 0.2) is 0 Å². The van der Waals surface area contributed by atoms with Crippen LogP contribution in [0.15, 0.2) is 48.8 Å². The van der Waals surface area contributed by atoms with Gasteiger partial charge < -0.3 is 10.6 Å². The minimum absolute atomic E-state index is 0.171. The topological polar surface area (TPSA) is 49.8 Å². The first kappa shape index (κ1) is 13.9. The van der Waals surface area contributed by atoms with E-state index in [1.54, 1.807) is 0 Å². The van der Waals surface area contributed by atoms with E-state index in [0.29, 0.717) is 12.1 Å². The number of hydrogen-bond donors (Lipinski definition) is 2. The standard InChI is InChI=1S/C18H22N4/c1-3-11-19-15(5-1)17(21-13-7-8-13)18(22-14-9-10-14)16-6-2-4-12-20-16/h1-6,11-14,17-18,21-22H,7-10H2/t17-,18-/m0/s1. The zero-order valence-corrected chi connectivity index (χ0v) is 12.7. The monoisotopic (exact) mass is 294 g/mol. The highest BCUT2D eigenvalue weighted by Gasteiger charge is 2.35. The van der Waals surface area contributed by atoms with Crippen molar-refractivity contribution in [3.8, 4) is 0 Å². The first-order valence-corrected chi connectivity index (χ1v) is 8.24. The van der Waals surface area contributed by atoms with Crippen LogP contribution in [0.2, 0.25) is 0 Å². The molecule has 2 N–H and O–H groups in total. The van der Waals surface area contributed by atoms with Gasteiger partial charge in [0.1, 0.15) is 0 Å². The summed E-state index contributed by atoms with van der Waals surface area (Å²) in [6, 6.07) is 13.9. The Bertz CT molecular complexity index is 537. The van der Waals surface area contributed by atoms with Crippen molar-refractivity contribution in [2.24, 2.45) is 0 Å². The first-order valence-electron chi connectivity index (χ1n) is 8.24. The van der Waals surface area contributed by atoms with Crippen LogP contribution in [-0.4, -0.2) is 22.1 Å². The highest BCUT2D eigenvalue weighted by atomic mass is 15.1. The Hall–Kier alpha value is -1.78. The fourth-order valence-corrected chi connectivity index (χ4v) is 2.83. The number of hydrogen-bond acceptors (Lipinski definition) is 4. The van der Waals surface area contributed by atoms with Gasteiger partial charge in [0.05, 0.1) is 23.5 Å². The molecule has 0 saturated heterocycles. The van der Waals surface area contributed by atoms with Crippen molar-refractivity contribution in [2.75, 3.05) is 0 Å². The van der Waals surface area contributed by atoms with Crippen LogP contribution in [0.3, 0.4) is 0 Å². The molecule has 2 heterocycles. The lowest BCUT2D eigenvalue weighted by atomic mass is 9.99. The van der Waals surface area contributed by atoms with Gasteiger partial charge in [-0.15, -0.1) is 0 Å². The van der Waals surface area contributed by atoms with Crippen LogP contribution in [0.4, 0.5) is 0 Å². The number of rotatable bonds is 7. The van der Waals surface area contributed by atoms with Crippen LogP contribution < -0.4 is 10.6 Å². The minimum atomic E-state index is 0.171. The van der Waals surface area contributed by atoms with E-state index in [1.807, 2.05) is 24.5 Å². The maximum absolute atomic E-state index is 4.60. The maximum Gasteiger partial charge on any atom is 0.0710 e. The summed E-state index contributed by atoms with van der Waals surface area (Å²) in [6.07, 6.45) is 8.82. The largest absolute Gasteiger partial charge is 0.304 e. The molecule has 2 aliphatic carbocycles. The smallest absolute Gasteiger partial charge is 0.0710 e. The van der Waals surface area contributed by atoms with Crippen molar-refractivity contribution in [3.63, 3.8) is 0 Å². The van der Waals surface area contributed by atoms with Crippen LogP contribution in [-0.2, 0) is 0 Å². The van der Waals surface area contributed by atoms with Crippen molar-refractivity contribution in [1.82, 2.24) is 20.6 Å². The molecular formula is C18H22N4. The molecule has 0 aliphatic heterocycles. The van der Waals surface area contributed by atoms with E-state index in [1.165, 1.54) is 25.7 Å². The normalized spacial score (nSPS) is 20.5. The second-order valence-electron chi connectivity index (χ2n) is 6.35. The van der Waals surface area contributed by atoms with Gasteiger partial charge in [0, 0.05) is 24.5 Å². The molecule has 0 amide bonds. The van der Waals surface area contributed by atoms with Gasteiger partial charge in [-0.05, 0) is 49.9 Å². The zero-order valence-electron chi connectivity index (χ0n) is 12.7. The predicted molar refractivity (Wildman–Crippen MR) is 86.3 cm³/mol. The minimum Gasteiger partial charge on any atom is -0.304 e. The third-order valence-corrected chi connectivity index (χ3v) is 4.33. The van der Waals surface area contributed by atoms with Gasteiger partial charge in [0.25, 0.3) is 0 Å². The van der Waals surface area contributed by atoms with E-state index < -0.39 is 0 Å². The number of aromatic nitrogens is 2. The molecule has 4 heteroatoms. The van der Waals surface area contributed by atoms with Crippen molar-refractivity contribution >= 4 is 0 Å². The Morgan fingerprint density at radius 1 is 0.727 bits per heavy atom. The molecule has 4 nitrogen and oxygen atoms in total. The summed E-state index contributed by atoms with van der Waals surface area (Å²) in [5.74, 6) is 0. The second-order valence-corrected chi connectivity index (χ2v) is 6.35. The summed E-state index contributed by atoms with van der Waals surface area (Å²) in [5, 5.41) is 7.55. The summed E-state index contributed by atoms with van der Waals surface area (Å²) in [5.41, 5.74) is 2.19. The lowest BCUT2D eigenvalue weighted by Crippen LogP contribution is -2.38. The highest BCUT2D eigenvalue weighted by Crippen LogP contribution is 2.34. The summed E-state index contributed by atoms with van der Waals surface area (Å²) in [4.78, 5) is 9.21. The molecule has 0 radical (unpaired) electrons. The fourth-order valence-electron chi connectivity index (χ4n) is 2.83. The predicted octanol–water partition coefficient (Wildman–Crippen LogP) is 2.76. The van der Waals surface area contributed by atoms with Gasteiger partial charge in [-0.25, -0.2) is 0 Å². The van der Waals surface area contributed by atoms with Crippen molar-refractivity contribution in [3.05, 3.63) is 60.2 Å². The van der Waals surface area contributed by atoms with Crippen molar-refractivity contribution in [2.45, 2.75) is 49.9 Å². The van der Waals surface area contributed by atoms with E-state index in [0.717, 1.165) is 11.4 Å². The summed E-state index contributed by atoms with van der Waals surface area (Å²) < 4.78 is 0. The number of nitrogens with zero attached hydrogens (tertiary/aromatic N) is 2. The van der Waals surface area contributed by atoms with Gasteiger partial charge in [-0.2, -0.15) is 0 Å². The third kappa shape index (κ3) is 3.34. The highest BCUT2D eigenvalue weighted by molar-refractivity contribution is 5.20. The van der Waals surface area contributed by atoms with Crippen LogP contribution in [0, 0.1) is 0 Å². The average Bonchev–Trinajstić information content (AvgIpc) is 3.47. The van der Waals surface area contributed by atoms with Gasteiger partial charge >= 0.3 is 0 Å². The third-order valence-electron chi connectivity index (χ3n) is 4.33. The average molecular weight is 294 g/mol. The molecule has 2 saturated carbocycles. The number of nitrogens with one attached hydrogen (secondary N) is 2. The van der Waals surface area contributed by atoms with Crippen molar-refractivity contribution in [1.29, 1.82) is 0 Å². The molecule has 22 heavy (non-hydrogen) atoms. The molecular weight excluding hydrogens is 272 g/mol. The molecule has 0 bridgehead atoms. The van der Waals surface area contributed by atoms with Gasteiger partial charge in [-0.3, -0.25) is 9.97 Å². The molecule has 4 rings (SSSR count). The Morgan fingerprint density at radius 3 is 1.50 bits per heavy atom. The van der Waals surface area contributed by atoms with Gasteiger partial charge in [0.2, 0.25) is 0 Å². The van der Waals surface area contributed by atoms with Crippen LogP contribution in [0.1, 0.15) is 49.2 Å². The Labute approximate surface area is 131 Å². The lowest BCUT2D eigenvalue weighted by molar-refractivity contribution is 0.366. The van der Waals surface area contributed by atoms with E-state index in [2.05, 4.69) is 44.9 Å². The quantitative estimate of drug-likeness (QED) is 0.824. The molecule has 2 atom stereocenters. The Balaban J connectivity index is 1.66. The van der Waals surface area contributed by atoms with E-state index in [9.17, 15) is 0 Å². The molecule has 114 valence electrons. The van der Waals surface area contributed by atoms with E-state index in [-0.39, 0.29) is 12.1 Å². The number of pyridine rings is 2. The Kier molecular flexibility index (Phi) is 3.87. The first-order chi connectivity index (χ1) is 10.9. The zero-order chi connectivity index (χ0) is 14.8. The second kappa shape index (κ2) is 6.15. The Morgan fingerprint density at radius 2 is 1.18 bits per heavy atom.